The molecule has 0 atom stereocenters. The Morgan fingerprint density at radius 1 is 1.42 bits per heavy atom. The fourth-order valence-electron chi connectivity index (χ4n) is 1.62. The zero-order chi connectivity index (χ0) is 14.5. The zero-order valence-electron chi connectivity index (χ0n) is 11.0. The molecule has 0 amide bonds. The van der Waals surface area contributed by atoms with Crippen molar-refractivity contribution in [3.05, 3.63) is 28.8 Å². The largest absolute Gasteiger partial charge is 0.392 e. The second-order valence-corrected chi connectivity index (χ2v) is 6.25. The van der Waals surface area contributed by atoms with Gasteiger partial charge < -0.3 is 9.84 Å². The van der Waals surface area contributed by atoms with E-state index in [1.54, 1.807) is 6.92 Å². The third-order valence-corrected chi connectivity index (χ3v) is 5.06. The molecule has 19 heavy (non-hydrogen) atoms. The van der Waals surface area contributed by atoms with Crippen LogP contribution in [0.5, 0.6) is 0 Å². The first kappa shape index (κ1) is 16.4. The van der Waals surface area contributed by atoms with Gasteiger partial charge in [-0.2, -0.15) is 4.31 Å². The first-order chi connectivity index (χ1) is 8.97. The lowest BCUT2D eigenvalue weighted by atomic mass is 10.2. The minimum Gasteiger partial charge on any atom is -0.392 e. The van der Waals surface area contributed by atoms with Gasteiger partial charge in [-0.1, -0.05) is 18.5 Å². The Balaban J connectivity index is 3.11. The molecule has 0 radical (unpaired) electrons. The fourth-order valence-corrected chi connectivity index (χ4v) is 3.28. The summed E-state index contributed by atoms with van der Waals surface area (Å²) in [5.41, 5.74) is 0.394. The van der Waals surface area contributed by atoms with Crippen LogP contribution in [0.3, 0.4) is 0 Å². The Labute approximate surface area is 118 Å². The van der Waals surface area contributed by atoms with Crippen LogP contribution in [-0.4, -0.2) is 44.6 Å². The van der Waals surface area contributed by atoms with E-state index in [0.29, 0.717) is 23.7 Å². The zero-order valence-corrected chi connectivity index (χ0v) is 12.5. The van der Waals surface area contributed by atoms with Gasteiger partial charge in [0.25, 0.3) is 0 Å². The number of ether oxygens (including phenoxy) is 1. The number of hydrogen-bond acceptors (Lipinski definition) is 4. The maximum absolute atomic E-state index is 12.4. The predicted octanol–water partition coefficient (Wildman–Crippen LogP) is 1.49. The molecule has 0 saturated heterocycles. The maximum Gasteiger partial charge on any atom is 0.243 e. The molecule has 0 aromatic heterocycles. The molecular formula is C12H18ClNO4S. The van der Waals surface area contributed by atoms with Gasteiger partial charge in [0.2, 0.25) is 10.0 Å². The highest BCUT2D eigenvalue weighted by atomic mass is 35.5. The van der Waals surface area contributed by atoms with Crippen molar-refractivity contribution in [1.82, 2.24) is 4.31 Å². The van der Waals surface area contributed by atoms with Crippen LogP contribution in [0.4, 0.5) is 0 Å². The van der Waals surface area contributed by atoms with Gasteiger partial charge in [-0.3, -0.25) is 0 Å². The molecule has 1 N–H and O–H groups in total. The molecule has 0 fully saturated rings. The minimum absolute atomic E-state index is 0.124. The molecule has 0 unspecified atom stereocenters. The maximum atomic E-state index is 12.4. The van der Waals surface area contributed by atoms with Crippen molar-refractivity contribution >= 4 is 21.6 Å². The Bertz CT molecular complexity index is 518. The van der Waals surface area contributed by atoms with Crippen LogP contribution >= 0.6 is 11.6 Å². The number of halogens is 1. The summed E-state index contributed by atoms with van der Waals surface area (Å²) >= 11 is 5.86. The van der Waals surface area contributed by atoms with Gasteiger partial charge in [0.05, 0.1) is 18.1 Å². The van der Waals surface area contributed by atoms with E-state index in [1.807, 2.05) is 0 Å². The monoisotopic (exact) mass is 307 g/mol. The van der Waals surface area contributed by atoms with E-state index in [9.17, 15) is 8.42 Å². The number of benzene rings is 1. The van der Waals surface area contributed by atoms with E-state index >= 15 is 0 Å². The number of nitrogens with zero attached hydrogens (tertiary/aromatic N) is 1. The highest BCUT2D eigenvalue weighted by Crippen LogP contribution is 2.22. The van der Waals surface area contributed by atoms with Gasteiger partial charge in [-0.25, -0.2) is 8.42 Å². The topological polar surface area (TPSA) is 66.8 Å². The van der Waals surface area contributed by atoms with E-state index in [4.69, 9.17) is 21.4 Å². The average molecular weight is 308 g/mol. The van der Waals surface area contributed by atoms with Crippen molar-refractivity contribution < 1.29 is 18.3 Å². The van der Waals surface area contributed by atoms with Gasteiger partial charge in [0, 0.05) is 25.2 Å². The molecule has 0 saturated carbocycles. The predicted molar refractivity (Wildman–Crippen MR) is 73.7 cm³/mol. The van der Waals surface area contributed by atoms with E-state index in [0.717, 1.165) is 0 Å². The number of methoxy groups -OCH3 is 1. The molecule has 5 nitrogen and oxygen atoms in total. The molecular weight excluding hydrogens is 290 g/mol. The van der Waals surface area contributed by atoms with Crippen molar-refractivity contribution in [3.63, 3.8) is 0 Å². The van der Waals surface area contributed by atoms with E-state index in [2.05, 4.69) is 0 Å². The lowest BCUT2D eigenvalue weighted by Crippen LogP contribution is -2.33. The van der Waals surface area contributed by atoms with E-state index in [-0.39, 0.29) is 18.0 Å². The number of aliphatic hydroxyl groups excluding tert-OH is 1. The minimum atomic E-state index is -3.59. The van der Waals surface area contributed by atoms with Crippen molar-refractivity contribution in [2.75, 3.05) is 26.8 Å². The van der Waals surface area contributed by atoms with Crippen molar-refractivity contribution in [2.45, 2.75) is 18.4 Å². The molecule has 0 spiro atoms. The van der Waals surface area contributed by atoms with Gasteiger partial charge >= 0.3 is 0 Å². The standard InChI is InChI=1S/C12H18ClNO4S/c1-3-14(6-7-18-2)19(16,17)11-4-5-12(13)10(8-11)9-15/h4-5,8,15H,3,6-7,9H2,1-2H3. The molecule has 7 heteroatoms. The van der Waals surface area contributed by atoms with Gasteiger partial charge in [0.15, 0.2) is 0 Å². The second kappa shape index (κ2) is 7.21. The van der Waals surface area contributed by atoms with Crippen LogP contribution in [0.2, 0.25) is 5.02 Å². The van der Waals surface area contributed by atoms with E-state index < -0.39 is 10.0 Å². The molecule has 0 heterocycles. The molecule has 1 rings (SSSR count). The van der Waals surface area contributed by atoms with Crippen molar-refractivity contribution in [1.29, 1.82) is 0 Å². The summed E-state index contributed by atoms with van der Waals surface area (Å²) in [5.74, 6) is 0. The Kier molecular flexibility index (Phi) is 6.22. The summed E-state index contributed by atoms with van der Waals surface area (Å²) in [7, 11) is -2.07. The molecule has 1 aromatic carbocycles. The Morgan fingerprint density at radius 2 is 2.11 bits per heavy atom. The van der Waals surface area contributed by atoms with Crippen molar-refractivity contribution in [2.24, 2.45) is 0 Å². The van der Waals surface area contributed by atoms with E-state index in [1.165, 1.54) is 29.6 Å². The first-order valence-corrected chi connectivity index (χ1v) is 7.67. The Hall–Kier alpha value is -0.660. The Morgan fingerprint density at radius 3 is 2.63 bits per heavy atom. The van der Waals surface area contributed by atoms with Crippen LogP contribution in [-0.2, 0) is 21.4 Å². The molecule has 108 valence electrons. The smallest absolute Gasteiger partial charge is 0.243 e. The van der Waals surface area contributed by atoms with Gasteiger partial charge in [-0.05, 0) is 23.8 Å². The summed E-state index contributed by atoms with van der Waals surface area (Å²) in [5, 5.41) is 9.48. The van der Waals surface area contributed by atoms with Crippen molar-refractivity contribution in [3.8, 4) is 0 Å². The molecule has 1 aromatic rings. The number of aliphatic hydroxyl groups is 1. The summed E-state index contributed by atoms with van der Waals surface area (Å²) < 4.78 is 31.0. The lowest BCUT2D eigenvalue weighted by molar-refractivity contribution is 0.180. The summed E-state index contributed by atoms with van der Waals surface area (Å²) in [6.45, 7) is 2.42. The quantitative estimate of drug-likeness (QED) is 0.829. The number of likely N-dealkylation sites (N-methyl/N-ethyl adjacent to an activating group) is 1. The third-order valence-electron chi connectivity index (χ3n) is 2.72. The highest BCUT2D eigenvalue weighted by molar-refractivity contribution is 7.89. The fraction of sp³-hybridized carbons (Fsp3) is 0.500. The van der Waals surface area contributed by atoms with Crippen LogP contribution in [0.1, 0.15) is 12.5 Å². The molecule has 0 aliphatic carbocycles. The lowest BCUT2D eigenvalue weighted by Gasteiger charge is -2.20. The van der Waals surface area contributed by atoms with Crippen LogP contribution < -0.4 is 0 Å². The summed E-state index contributed by atoms with van der Waals surface area (Å²) in [6.07, 6.45) is 0. The number of sulfonamides is 1. The summed E-state index contributed by atoms with van der Waals surface area (Å²) in [6, 6.07) is 4.31. The van der Waals surface area contributed by atoms with Gasteiger partial charge in [-0.15, -0.1) is 0 Å². The van der Waals surface area contributed by atoms with Gasteiger partial charge in [0.1, 0.15) is 0 Å². The first-order valence-electron chi connectivity index (χ1n) is 5.85. The normalized spacial score (nSPS) is 12.1. The van der Waals surface area contributed by atoms with Crippen LogP contribution in [0.25, 0.3) is 0 Å². The third kappa shape index (κ3) is 3.90. The molecule has 0 bridgehead atoms. The molecule has 0 aliphatic heterocycles. The highest BCUT2D eigenvalue weighted by Gasteiger charge is 2.23. The van der Waals surface area contributed by atoms with Crippen LogP contribution in [0.15, 0.2) is 23.1 Å². The number of rotatable bonds is 7. The van der Waals surface area contributed by atoms with Crippen LogP contribution in [0, 0.1) is 0 Å². The SMILES string of the molecule is CCN(CCOC)S(=O)(=O)c1ccc(Cl)c(CO)c1. The average Bonchev–Trinajstić information content (AvgIpc) is 2.39. The summed E-state index contributed by atoms with van der Waals surface area (Å²) in [4.78, 5) is 0.124. The molecule has 0 aliphatic rings. The second-order valence-electron chi connectivity index (χ2n) is 3.90. The number of hydrogen-bond donors (Lipinski definition) is 1.